The number of nitrogens with one attached hydrogen (secondary N) is 1. The van der Waals surface area contributed by atoms with Crippen LogP contribution in [0.5, 0.6) is 0 Å². The van der Waals surface area contributed by atoms with Gasteiger partial charge in [0.15, 0.2) is 0 Å². The molecule has 0 aliphatic carbocycles. The molecule has 3 aliphatic rings. The van der Waals surface area contributed by atoms with Crippen molar-refractivity contribution in [2.24, 2.45) is 10.8 Å². The topological polar surface area (TPSA) is 44.8 Å². The van der Waals surface area contributed by atoms with E-state index >= 15 is 0 Å². The number of anilines is 1. The van der Waals surface area contributed by atoms with Crippen LogP contribution in [0.15, 0.2) is 24.3 Å². The van der Waals surface area contributed by atoms with Crippen LogP contribution in [0.1, 0.15) is 71.8 Å². The minimum absolute atomic E-state index is 0.0593. The average molecular weight is 442 g/mol. The van der Waals surface area contributed by atoms with Gasteiger partial charge in [-0.3, -0.25) is 9.69 Å². The molecule has 3 fully saturated rings. The SMILES string of the molecule is CC(C)c1ccccc1N1CCN(CC[C@@]2(C(C)(C)C)CC3(CCNCC3)C(=O)O2)CC1. The number of ether oxygens (including phenoxy) is 1. The van der Waals surface area contributed by atoms with Crippen LogP contribution < -0.4 is 10.2 Å². The number of para-hydroxylation sites is 1. The Hall–Kier alpha value is -1.59. The van der Waals surface area contributed by atoms with E-state index in [9.17, 15) is 4.79 Å². The molecule has 178 valence electrons. The highest BCUT2D eigenvalue weighted by Gasteiger charge is 2.60. The molecule has 3 aliphatic heterocycles. The first-order chi connectivity index (χ1) is 15.2. The fourth-order valence-electron chi connectivity index (χ4n) is 5.97. The molecule has 1 N–H and O–H groups in total. The number of benzene rings is 1. The Kier molecular flexibility index (Phi) is 6.61. The van der Waals surface area contributed by atoms with Gasteiger partial charge in [-0.15, -0.1) is 0 Å². The highest BCUT2D eigenvalue weighted by atomic mass is 16.6. The lowest BCUT2D eigenvalue weighted by Gasteiger charge is -2.44. The van der Waals surface area contributed by atoms with Crippen molar-refractivity contribution < 1.29 is 9.53 Å². The van der Waals surface area contributed by atoms with E-state index in [2.05, 4.69) is 74.0 Å². The second-order valence-corrected chi connectivity index (χ2v) is 11.6. The summed E-state index contributed by atoms with van der Waals surface area (Å²) in [5.74, 6) is 0.597. The van der Waals surface area contributed by atoms with Crippen molar-refractivity contribution in [3.05, 3.63) is 29.8 Å². The van der Waals surface area contributed by atoms with Crippen molar-refractivity contribution in [3.63, 3.8) is 0 Å². The molecule has 0 radical (unpaired) electrons. The zero-order valence-corrected chi connectivity index (χ0v) is 20.9. The summed E-state index contributed by atoms with van der Waals surface area (Å²) in [6, 6.07) is 8.85. The zero-order valence-electron chi connectivity index (χ0n) is 20.9. The third-order valence-corrected chi connectivity index (χ3v) is 8.38. The predicted molar refractivity (Wildman–Crippen MR) is 131 cm³/mol. The molecule has 0 aromatic heterocycles. The van der Waals surface area contributed by atoms with Crippen molar-refractivity contribution >= 4 is 11.7 Å². The second-order valence-electron chi connectivity index (χ2n) is 11.6. The van der Waals surface area contributed by atoms with Gasteiger partial charge in [0, 0.05) is 56.7 Å². The molecule has 4 rings (SSSR count). The van der Waals surface area contributed by atoms with E-state index in [4.69, 9.17) is 4.74 Å². The average Bonchev–Trinajstić information content (AvgIpc) is 3.05. The van der Waals surface area contributed by atoms with E-state index in [0.717, 1.165) is 71.5 Å². The number of nitrogens with zero attached hydrogens (tertiary/aromatic N) is 2. The smallest absolute Gasteiger partial charge is 0.312 e. The van der Waals surface area contributed by atoms with Gasteiger partial charge >= 0.3 is 5.97 Å². The van der Waals surface area contributed by atoms with E-state index in [0.29, 0.717) is 5.92 Å². The number of carbonyl (C=O) groups excluding carboxylic acids is 1. The van der Waals surface area contributed by atoms with E-state index in [1.807, 2.05) is 0 Å². The molecule has 1 atom stereocenters. The van der Waals surface area contributed by atoms with Gasteiger partial charge in [0.2, 0.25) is 0 Å². The van der Waals surface area contributed by atoms with Gasteiger partial charge in [-0.1, -0.05) is 52.8 Å². The van der Waals surface area contributed by atoms with Crippen LogP contribution in [0.25, 0.3) is 0 Å². The van der Waals surface area contributed by atoms with Gasteiger partial charge in [-0.2, -0.15) is 0 Å². The molecule has 5 heteroatoms. The third-order valence-electron chi connectivity index (χ3n) is 8.38. The van der Waals surface area contributed by atoms with Crippen LogP contribution in [0, 0.1) is 10.8 Å². The van der Waals surface area contributed by atoms with Gasteiger partial charge in [-0.05, 0) is 43.5 Å². The van der Waals surface area contributed by atoms with E-state index in [1.54, 1.807) is 0 Å². The van der Waals surface area contributed by atoms with Gasteiger partial charge in [-0.25, -0.2) is 0 Å². The molecule has 3 saturated heterocycles. The summed E-state index contributed by atoms with van der Waals surface area (Å²) in [6.45, 7) is 18.4. The first-order valence-corrected chi connectivity index (χ1v) is 12.7. The van der Waals surface area contributed by atoms with Gasteiger partial charge < -0.3 is 15.0 Å². The minimum Gasteiger partial charge on any atom is -0.458 e. The Morgan fingerprint density at radius 2 is 1.72 bits per heavy atom. The maximum Gasteiger partial charge on any atom is 0.312 e. The fraction of sp³-hybridized carbons (Fsp3) is 0.741. The number of carbonyl (C=O) groups is 1. The lowest BCUT2D eigenvalue weighted by atomic mass is 9.65. The molecule has 1 spiro atoms. The van der Waals surface area contributed by atoms with Gasteiger partial charge in [0.25, 0.3) is 0 Å². The van der Waals surface area contributed by atoms with Crippen LogP contribution in [0.4, 0.5) is 5.69 Å². The van der Waals surface area contributed by atoms with Crippen LogP contribution >= 0.6 is 0 Å². The molecular weight excluding hydrogens is 398 g/mol. The van der Waals surface area contributed by atoms with Gasteiger partial charge in [0.1, 0.15) is 5.60 Å². The van der Waals surface area contributed by atoms with E-state index in [1.165, 1.54) is 11.3 Å². The summed E-state index contributed by atoms with van der Waals surface area (Å²) < 4.78 is 6.33. The molecule has 3 heterocycles. The molecule has 0 amide bonds. The van der Waals surface area contributed by atoms with Crippen molar-refractivity contribution in [2.45, 2.75) is 71.8 Å². The highest BCUT2D eigenvalue weighted by molar-refractivity contribution is 5.80. The second kappa shape index (κ2) is 8.98. The van der Waals surface area contributed by atoms with Crippen molar-refractivity contribution in [1.29, 1.82) is 0 Å². The Morgan fingerprint density at radius 1 is 1.06 bits per heavy atom. The Morgan fingerprint density at radius 3 is 2.34 bits per heavy atom. The number of esters is 1. The molecule has 1 aromatic rings. The molecule has 0 saturated carbocycles. The molecule has 0 unspecified atom stereocenters. The summed E-state index contributed by atoms with van der Waals surface area (Å²) in [5, 5.41) is 3.41. The van der Waals surface area contributed by atoms with Crippen LogP contribution in [-0.2, 0) is 9.53 Å². The summed E-state index contributed by atoms with van der Waals surface area (Å²) in [7, 11) is 0. The normalized spacial score (nSPS) is 26.7. The maximum absolute atomic E-state index is 13.1. The molecule has 32 heavy (non-hydrogen) atoms. The number of hydrogen-bond acceptors (Lipinski definition) is 5. The number of hydrogen-bond donors (Lipinski definition) is 1. The number of piperazine rings is 1. The minimum atomic E-state index is -0.358. The summed E-state index contributed by atoms with van der Waals surface area (Å²) in [6.07, 6.45) is 3.64. The first-order valence-electron chi connectivity index (χ1n) is 12.7. The fourth-order valence-corrected chi connectivity index (χ4v) is 5.97. The number of cyclic esters (lactones) is 1. The number of piperidine rings is 1. The van der Waals surface area contributed by atoms with Crippen LogP contribution in [0.2, 0.25) is 0 Å². The summed E-state index contributed by atoms with van der Waals surface area (Å²) in [4.78, 5) is 18.2. The monoisotopic (exact) mass is 441 g/mol. The Labute approximate surface area is 194 Å². The standard InChI is InChI=1S/C27H43N3O2/c1-21(2)22-8-6-7-9-23(22)30-18-16-29(17-19-30)15-12-27(25(3,4)5)20-26(24(31)32-27)10-13-28-14-11-26/h6-9,21,28H,10-20H2,1-5H3/t27-/m0/s1. The van der Waals surface area contributed by atoms with Crippen molar-refractivity contribution in [1.82, 2.24) is 10.2 Å². The first kappa shape index (κ1) is 23.6. The molecule has 5 nitrogen and oxygen atoms in total. The van der Waals surface area contributed by atoms with Crippen LogP contribution in [-0.4, -0.2) is 62.3 Å². The summed E-state index contributed by atoms with van der Waals surface area (Å²) >= 11 is 0. The molecule has 0 bridgehead atoms. The van der Waals surface area contributed by atoms with Crippen molar-refractivity contribution in [2.75, 3.05) is 50.7 Å². The zero-order chi connectivity index (χ0) is 23.0. The largest absolute Gasteiger partial charge is 0.458 e. The van der Waals surface area contributed by atoms with E-state index < -0.39 is 0 Å². The quantitative estimate of drug-likeness (QED) is 0.685. The Balaban J connectivity index is 1.39. The number of rotatable bonds is 5. The molecule has 1 aromatic carbocycles. The Bertz CT molecular complexity index is 801. The lowest BCUT2D eigenvalue weighted by Crippen LogP contribution is -2.50. The predicted octanol–water partition coefficient (Wildman–Crippen LogP) is 4.42. The van der Waals surface area contributed by atoms with E-state index in [-0.39, 0.29) is 22.4 Å². The van der Waals surface area contributed by atoms with Crippen molar-refractivity contribution in [3.8, 4) is 0 Å². The lowest BCUT2D eigenvalue weighted by molar-refractivity contribution is -0.163. The maximum atomic E-state index is 13.1. The third kappa shape index (κ3) is 4.43. The highest BCUT2D eigenvalue weighted by Crippen LogP contribution is 2.54. The van der Waals surface area contributed by atoms with Gasteiger partial charge in [0.05, 0.1) is 5.41 Å². The molecular formula is C27H43N3O2. The van der Waals surface area contributed by atoms with Crippen LogP contribution in [0.3, 0.4) is 0 Å². The summed E-state index contributed by atoms with van der Waals surface area (Å²) in [5.41, 5.74) is 2.15.